The van der Waals surface area contributed by atoms with Gasteiger partial charge in [0.1, 0.15) is 0 Å². The number of hydrogen-bond acceptors (Lipinski definition) is 0. The number of unbranched alkanes of at least 4 members (excludes halogenated alkanes) is 51. The zero-order valence-corrected chi connectivity index (χ0v) is 56.4. The molecule has 0 fully saturated rings. The molecule has 78 heavy (non-hydrogen) atoms. The second-order valence-corrected chi connectivity index (χ2v) is 27.7. The molecule has 0 saturated heterocycles. The molecule has 0 heterocycles. The van der Waals surface area contributed by atoms with Crippen molar-refractivity contribution in [3.63, 3.8) is 0 Å². The summed E-state index contributed by atoms with van der Waals surface area (Å²) in [5.41, 5.74) is 0.629. The van der Waals surface area contributed by atoms with Crippen molar-refractivity contribution < 1.29 is 0 Å². The van der Waals surface area contributed by atoms with Crippen molar-refractivity contribution in [2.45, 2.75) is 485 Å². The van der Waals surface area contributed by atoms with E-state index in [1.165, 1.54) is 417 Å². The maximum absolute atomic E-state index is 2.39. The molecule has 0 saturated carbocycles. The second-order valence-electron chi connectivity index (χ2n) is 27.7. The third kappa shape index (κ3) is 59.2. The molecular weight excluding hydrogens is 937 g/mol. The Morgan fingerprint density at radius 2 is 0.256 bits per heavy atom. The fourth-order valence-electron chi connectivity index (χ4n) is 14.3. The lowest BCUT2D eigenvalue weighted by molar-refractivity contribution is 0.171. The Morgan fingerprint density at radius 1 is 0.141 bits per heavy atom. The molecule has 0 aromatic carbocycles. The van der Waals surface area contributed by atoms with E-state index >= 15 is 0 Å². The summed E-state index contributed by atoms with van der Waals surface area (Å²) in [4.78, 5) is 0. The maximum atomic E-state index is 2.39. The van der Waals surface area contributed by atoms with Gasteiger partial charge in [0, 0.05) is 0 Å². The predicted octanol–water partition coefficient (Wildman–Crippen LogP) is 30.2. The Kier molecular flexibility index (Phi) is 67.8. The molecule has 0 rings (SSSR count). The van der Waals surface area contributed by atoms with Crippen LogP contribution in [0, 0.1) is 17.3 Å². The van der Waals surface area contributed by atoms with E-state index in [9.17, 15) is 0 Å². The summed E-state index contributed by atoms with van der Waals surface area (Å²) in [6, 6.07) is 0. The number of rotatable bonds is 71. The average molecular weight is 1100 g/mol. The van der Waals surface area contributed by atoms with Gasteiger partial charge in [-0.15, -0.1) is 0 Å². The van der Waals surface area contributed by atoms with Crippen molar-refractivity contribution in [3.05, 3.63) is 0 Å². The molecule has 0 radical (unpaired) electrons. The molecular formula is C78H158. The van der Waals surface area contributed by atoms with Crippen molar-refractivity contribution in [2.24, 2.45) is 17.3 Å². The molecule has 0 heteroatoms. The van der Waals surface area contributed by atoms with Crippen LogP contribution in [-0.4, -0.2) is 0 Å². The Morgan fingerprint density at radius 3 is 0.423 bits per heavy atom. The molecule has 0 aromatic rings. The van der Waals surface area contributed by atoms with Crippen molar-refractivity contribution in [1.29, 1.82) is 0 Å². The van der Waals surface area contributed by atoms with Crippen LogP contribution in [0.5, 0.6) is 0 Å². The van der Waals surface area contributed by atoms with Crippen molar-refractivity contribution in [1.82, 2.24) is 0 Å². The summed E-state index contributed by atoms with van der Waals surface area (Å²) in [5.74, 6) is 2.02. The lowest BCUT2D eigenvalue weighted by Gasteiger charge is -2.35. The number of hydrogen-bond donors (Lipinski definition) is 0. The van der Waals surface area contributed by atoms with Gasteiger partial charge in [0.15, 0.2) is 0 Å². The topological polar surface area (TPSA) is 0 Å². The van der Waals surface area contributed by atoms with Gasteiger partial charge in [0.05, 0.1) is 0 Å². The van der Waals surface area contributed by atoms with E-state index in [1.807, 2.05) is 0 Å². The zero-order chi connectivity index (χ0) is 56.4. The summed E-state index contributed by atoms with van der Waals surface area (Å²) in [5, 5.41) is 0. The van der Waals surface area contributed by atoms with E-state index < -0.39 is 0 Å². The molecule has 0 aliphatic heterocycles. The highest BCUT2D eigenvalue weighted by Crippen LogP contribution is 2.43. The molecule has 470 valence electrons. The quantitative estimate of drug-likeness (QED) is 0.0533. The highest BCUT2D eigenvalue weighted by atomic mass is 14.3. The van der Waals surface area contributed by atoms with E-state index in [-0.39, 0.29) is 0 Å². The molecule has 0 N–H and O–H groups in total. The minimum absolute atomic E-state index is 0.629. The highest BCUT2D eigenvalue weighted by Gasteiger charge is 2.28. The van der Waals surface area contributed by atoms with Crippen LogP contribution in [0.25, 0.3) is 0 Å². The van der Waals surface area contributed by atoms with Gasteiger partial charge in [-0.3, -0.25) is 0 Å². The Balaban J connectivity index is 5.67. The summed E-state index contributed by atoms with van der Waals surface area (Å²) in [6.45, 7) is 14.2. The van der Waals surface area contributed by atoms with Crippen LogP contribution in [0.2, 0.25) is 0 Å². The SMILES string of the molecule is CCCCCCCCCCCCCCC(CCCCCCCCCCCCC)(CCCCCCC(CCCCCCC)CCCCCCCCCCCCC)CCCCCC(CCCCCC)CCCCCCCCCCC. The van der Waals surface area contributed by atoms with Crippen LogP contribution in [0.3, 0.4) is 0 Å². The van der Waals surface area contributed by atoms with Crippen molar-refractivity contribution in [2.75, 3.05) is 0 Å². The molecule has 0 amide bonds. The monoisotopic (exact) mass is 1100 g/mol. The van der Waals surface area contributed by atoms with Crippen LogP contribution in [0.4, 0.5) is 0 Å². The van der Waals surface area contributed by atoms with Gasteiger partial charge in [-0.05, 0) is 42.9 Å². The first-order valence-electron chi connectivity index (χ1n) is 38.6. The molecule has 0 bridgehead atoms. The van der Waals surface area contributed by atoms with E-state index in [2.05, 4.69) is 41.5 Å². The van der Waals surface area contributed by atoms with Gasteiger partial charge in [-0.1, -0.05) is 459 Å². The molecule has 3 unspecified atom stereocenters. The fourth-order valence-corrected chi connectivity index (χ4v) is 14.3. The maximum Gasteiger partial charge on any atom is -0.0297 e. The Bertz CT molecular complexity index is 1030. The fraction of sp³-hybridized carbons (Fsp3) is 1.00. The summed E-state index contributed by atoms with van der Waals surface area (Å²) in [7, 11) is 0. The largest absolute Gasteiger partial charge is 0.0654 e. The summed E-state index contributed by atoms with van der Waals surface area (Å²) in [6.07, 6.45) is 103. The first-order valence-corrected chi connectivity index (χ1v) is 38.6. The molecule has 0 aliphatic rings. The van der Waals surface area contributed by atoms with E-state index in [1.54, 1.807) is 25.7 Å². The lowest BCUT2D eigenvalue weighted by Crippen LogP contribution is -2.21. The Hall–Kier alpha value is 0. The summed E-state index contributed by atoms with van der Waals surface area (Å²) < 4.78 is 0. The van der Waals surface area contributed by atoms with Gasteiger partial charge in [0.25, 0.3) is 0 Å². The van der Waals surface area contributed by atoms with Crippen LogP contribution in [0.1, 0.15) is 485 Å². The lowest BCUT2D eigenvalue weighted by atomic mass is 9.70. The van der Waals surface area contributed by atoms with Crippen molar-refractivity contribution in [3.8, 4) is 0 Å². The van der Waals surface area contributed by atoms with E-state index in [0.29, 0.717) is 5.41 Å². The van der Waals surface area contributed by atoms with Crippen LogP contribution in [-0.2, 0) is 0 Å². The minimum Gasteiger partial charge on any atom is -0.0654 e. The van der Waals surface area contributed by atoms with Gasteiger partial charge in [0.2, 0.25) is 0 Å². The third-order valence-corrected chi connectivity index (χ3v) is 19.9. The van der Waals surface area contributed by atoms with Crippen LogP contribution >= 0.6 is 0 Å². The van der Waals surface area contributed by atoms with Gasteiger partial charge >= 0.3 is 0 Å². The molecule has 0 nitrogen and oxygen atoms in total. The van der Waals surface area contributed by atoms with Gasteiger partial charge in [-0.2, -0.15) is 0 Å². The van der Waals surface area contributed by atoms with Gasteiger partial charge in [-0.25, -0.2) is 0 Å². The van der Waals surface area contributed by atoms with Crippen molar-refractivity contribution >= 4 is 0 Å². The predicted molar refractivity (Wildman–Crippen MR) is 362 cm³/mol. The van der Waals surface area contributed by atoms with E-state index in [4.69, 9.17) is 0 Å². The molecule has 0 aliphatic carbocycles. The first-order chi connectivity index (χ1) is 38.6. The first kappa shape index (κ1) is 78.0. The molecule has 0 aromatic heterocycles. The molecule has 3 atom stereocenters. The second kappa shape index (κ2) is 67.8. The minimum atomic E-state index is 0.629. The van der Waals surface area contributed by atoms with Crippen LogP contribution in [0.15, 0.2) is 0 Å². The highest BCUT2D eigenvalue weighted by molar-refractivity contribution is 4.81. The standard InChI is InChI=1S/C78H158/c1-7-13-19-25-29-33-36-39-43-47-53-63-73-78(72-62-52-46-42-38-35-31-27-21-15-9-3,75-65-55-61-71-76(66-56-24-18-12-6)68-58-49-44-40-32-28-22-16-10-4)74-64-54-51-60-70-77(67-57-48-23-17-11-5)69-59-50-45-41-37-34-30-26-20-14-8-2/h76-77H,7-75H2,1-6H3. The molecule has 0 spiro atoms. The third-order valence-electron chi connectivity index (χ3n) is 19.9. The zero-order valence-electron chi connectivity index (χ0n) is 56.4. The summed E-state index contributed by atoms with van der Waals surface area (Å²) >= 11 is 0. The van der Waals surface area contributed by atoms with E-state index in [0.717, 1.165) is 11.8 Å². The average Bonchev–Trinajstić information content (AvgIpc) is 3.45. The normalized spacial score (nSPS) is 13.5. The smallest absolute Gasteiger partial charge is 0.0297 e. The van der Waals surface area contributed by atoms with Crippen LogP contribution < -0.4 is 0 Å². The van der Waals surface area contributed by atoms with Gasteiger partial charge < -0.3 is 0 Å². The Labute approximate surface area is 499 Å².